The number of carbonyl (C=O) groups excluding carboxylic acids is 1. The minimum atomic E-state index is -0.537. The van der Waals surface area contributed by atoms with Crippen LogP contribution in [0, 0.1) is 6.92 Å². The molecule has 3 rings (SSSR count). The monoisotopic (exact) mass is 353 g/mol. The molecule has 4 nitrogen and oxygen atoms in total. The Morgan fingerprint density at radius 3 is 2.42 bits per heavy atom. The van der Waals surface area contributed by atoms with E-state index in [1.54, 1.807) is 6.92 Å². The number of amides is 1. The van der Waals surface area contributed by atoms with Gasteiger partial charge in [-0.25, -0.2) is 0 Å². The molecule has 1 aliphatic heterocycles. The maximum Gasteiger partial charge on any atom is 0.260 e. The fourth-order valence-electron chi connectivity index (χ4n) is 3.40. The van der Waals surface area contributed by atoms with E-state index in [0.29, 0.717) is 12.3 Å². The Morgan fingerprint density at radius 2 is 1.77 bits per heavy atom. The largest absolute Gasteiger partial charge is 0.481 e. The van der Waals surface area contributed by atoms with Crippen LogP contribution in [0.3, 0.4) is 0 Å². The van der Waals surface area contributed by atoms with Gasteiger partial charge in [0.05, 0.1) is 0 Å². The second-order valence-corrected chi connectivity index (χ2v) is 7.05. The SMILES string of the molecule is Cc1ccc(OC(C)C(=O)NCC2(c3ccccc3)CCOCC2)cc1. The van der Waals surface area contributed by atoms with E-state index in [1.807, 2.05) is 37.3 Å². The maximum atomic E-state index is 12.6. The molecular weight excluding hydrogens is 326 g/mol. The summed E-state index contributed by atoms with van der Waals surface area (Å²) in [5.74, 6) is 0.620. The van der Waals surface area contributed by atoms with Crippen LogP contribution >= 0.6 is 0 Å². The summed E-state index contributed by atoms with van der Waals surface area (Å²) in [7, 11) is 0. The van der Waals surface area contributed by atoms with E-state index in [0.717, 1.165) is 26.1 Å². The lowest BCUT2D eigenvalue weighted by Crippen LogP contribution is -2.47. The minimum Gasteiger partial charge on any atom is -0.481 e. The summed E-state index contributed by atoms with van der Waals surface area (Å²) in [6.07, 6.45) is 1.28. The van der Waals surface area contributed by atoms with Crippen LogP contribution in [0.4, 0.5) is 0 Å². The lowest BCUT2D eigenvalue weighted by Gasteiger charge is -2.38. The summed E-state index contributed by atoms with van der Waals surface area (Å²) in [5.41, 5.74) is 2.35. The zero-order valence-corrected chi connectivity index (χ0v) is 15.5. The zero-order chi connectivity index (χ0) is 18.4. The quantitative estimate of drug-likeness (QED) is 0.863. The molecule has 1 amide bonds. The van der Waals surface area contributed by atoms with Crippen molar-refractivity contribution in [1.82, 2.24) is 5.32 Å². The van der Waals surface area contributed by atoms with Crippen molar-refractivity contribution >= 4 is 5.91 Å². The second-order valence-electron chi connectivity index (χ2n) is 7.05. The highest BCUT2D eigenvalue weighted by atomic mass is 16.5. The van der Waals surface area contributed by atoms with Crippen LogP contribution in [0.15, 0.2) is 54.6 Å². The van der Waals surface area contributed by atoms with E-state index < -0.39 is 6.10 Å². The van der Waals surface area contributed by atoms with Crippen LogP contribution in [0.1, 0.15) is 30.9 Å². The van der Waals surface area contributed by atoms with Gasteiger partial charge in [0.25, 0.3) is 5.91 Å². The molecule has 0 aliphatic carbocycles. The molecule has 1 heterocycles. The third kappa shape index (κ3) is 4.44. The van der Waals surface area contributed by atoms with Gasteiger partial charge in [0, 0.05) is 25.2 Å². The third-order valence-electron chi connectivity index (χ3n) is 5.14. The standard InChI is InChI=1S/C22H27NO3/c1-17-8-10-20(11-9-17)26-18(2)21(24)23-16-22(12-14-25-15-13-22)19-6-4-3-5-7-19/h3-11,18H,12-16H2,1-2H3,(H,23,24). The van der Waals surface area contributed by atoms with Gasteiger partial charge in [0.15, 0.2) is 6.10 Å². The van der Waals surface area contributed by atoms with E-state index in [1.165, 1.54) is 11.1 Å². The first-order valence-corrected chi connectivity index (χ1v) is 9.23. The molecule has 2 aromatic carbocycles. The molecule has 0 aromatic heterocycles. The fourth-order valence-corrected chi connectivity index (χ4v) is 3.40. The Balaban J connectivity index is 1.63. The normalized spacial score (nSPS) is 17.3. The molecule has 1 unspecified atom stereocenters. The predicted molar refractivity (Wildman–Crippen MR) is 102 cm³/mol. The Kier molecular flexibility index (Phi) is 5.94. The van der Waals surface area contributed by atoms with Gasteiger partial charge in [-0.2, -0.15) is 0 Å². The summed E-state index contributed by atoms with van der Waals surface area (Å²) in [6, 6.07) is 18.2. The third-order valence-corrected chi connectivity index (χ3v) is 5.14. The van der Waals surface area contributed by atoms with Gasteiger partial charge in [-0.3, -0.25) is 4.79 Å². The molecule has 4 heteroatoms. The molecule has 1 N–H and O–H groups in total. The van der Waals surface area contributed by atoms with Crippen LogP contribution in [-0.4, -0.2) is 31.8 Å². The van der Waals surface area contributed by atoms with Crippen LogP contribution in [0.5, 0.6) is 5.75 Å². The first-order valence-electron chi connectivity index (χ1n) is 9.23. The summed E-state index contributed by atoms with van der Waals surface area (Å²) in [4.78, 5) is 12.6. The number of hydrogen-bond donors (Lipinski definition) is 1. The predicted octanol–water partition coefficient (Wildman–Crippen LogP) is 3.63. The number of carbonyl (C=O) groups is 1. The molecule has 1 aliphatic rings. The molecule has 26 heavy (non-hydrogen) atoms. The first-order chi connectivity index (χ1) is 12.6. The van der Waals surface area contributed by atoms with Crippen LogP contribution in [-0.2, 0) is 14.9 Å². The smallest absolute Gasteiger partial charge is 0.260 e. The first kappa shape index (κ1) is 18.5. The van der Waals surface area contributed by atoms with E-state index in [2.05, 4.69) is 29.6 Å². The van der Waals surface area contributed by atoms with Gasteiger partial charge in [-0.1, -0.05) is 48.0 Å². The molecule has 0 spiro atoms. The van der Waals surface area contributed by atoms with Crippen molar-refractivity contribution in [2.24, 2.45) is 0 Å². The van der Waals surface area contributed by atoms with Crippen LogP contribution in [0.2, 0.25) is 0 Å². The van der Waals surface area contributed by atoms with Gasteiger partial charge in [0.1, 0.15) is 5.75 Å². The van der Waals surface area contributed by atoms with Crippen molar-refractivity contribution in [3.63, 3.8) is 0 Å². The lowest BCUT2D eigenvalue weighted by atomic mass is 9.74. The second kappa shape index (κ2) is 8.37. The number of nitrogens with one attached hydrogen (secondary N) is 1. The molecule has 138 valence electrons. The van der Waals surface area contributed by atoms with Gasteiger partial charge in [-0.05, 0) is 44.4 Å². The van der Waals surface area contributed by atoms with Crippen molar-refractivity contribution in [3.05, 3.63) is 65.7 Å². The Morgan fingerprint density at radius 1 is 1.12 bits per heavy atom. The van der Waals surface area contributed by atoms with Crippen LogP contribution < -0.4 is 10.1 Å². The van der Waals surface area contributed by atoms with E-state index in [-0.39, 0.29) is 11.3 Å². The molecule has 2 aromatic rings. The van der Waals surface area contributed by atoms with E-state index >= 15 is 0 Å². The van der Waals surface area contributed by atoms with Crippen LogP contribution in [0.25, 0.3) is 0 Å². The van der Waals surface area contributed by atoms with Crippen molar-refractivity contribution in [1.29, 1.82) is 0 Å². The molecule has 0 saturated carbocycles. The van der Waals surface area contributed by atoms with Crippen molar-refractivity contribution in [2.75, 3.05) is 19.8 Å². The molecule has 1 atom stereocenters. The number of ether oxygens (including phenoxy) is 2. The number of rotatable bonds is 6. The molecule has 0 radical (unpaired) electrons. The van der Waals surface area contributed by atoms with Gasteiger partial charge in [0.2, 0.25) is 0 Å². The van der Waals surface area contributed by atoms with Gasteiger partial charge < -0.3 is 14.8 Å². The maximum absolute atomic E-state index is 12.6. The van der Waals surface area contributed by atoms with Gasteiger partial charge in [-0.15, -0.1) is 0 Å². The van der Waals surface area contributed by atoms with Gasteiger partial charge >= 0.3 is 0 Å². The number of aryl methyl sites for hydroxylation is 1. The summed E-state index contributed by atoms with van der Waals surface area (Å²) < 4.78 is 11.3. The van der Waals surface area contributed by atoms with E-state index in [9.17, 15) is 4.79 Å². The fraction of sp³-hybridized carbons (Fsp3) is 0.409. The zero-order valence-electron chi connectivity index (χ0n) is 15.5. The average molecular weight is 353 g/mol. The van der Waals surface area contributed by atoms with Crippen molar-refractivity contribution < 1.29 is 14.3 Å². The summed E-state index contributed by atoms with van der Waals surface area (Å²) >= 11 is 0. The summed E-state index contributed by atoms with van der Waals surface area (Å²) in [5, 5.41) is 3.10. The summed E-state index contributed by atoms with van der Waals surface area (Å²) in [6.45, 7) is 5.85. The Labute approximate surface area is 155 Å². The molecular formula is C22H27NO3. The minimum absolute atomic E-state index is 0.0707. The number of hydrogen-bond acceptors (Lipinski definition) is 3. The van der Waals surface area contributed by atoms with Crippen molar-refractivity contribution in [3.8, 4) is 5.75 Å². The highest BCUT2D eigenvalue weighted by Gasteiger charge is 2.35. The topological polar surface area (TPSA) is 47.6 Å². The van der Waals surface area contributed by atoms with E-state index in [4.69, 9.17) is 9.47 Å². The highest BCUT2D eigenvalue weighted by molar-refractivity contribution is 5.80. The Bertz CT molecular complexity index is 706. The highest BCUT2D eigenvalue weighted by Crippen LogP contribution is 2.34. The number of benzene rings is 2. The average Bonchev–Trinajstić information content (AvgIpc) is 2.69. The molecule has 1 fully saturated rings. The molecule has 0 bridgehead atoms. The Hall–Kier alpha value is -2.33. The molecule has 1 saturated heterocycles. The lowest BCUT2D eigenvalue weighted by molar-refractivity contribution is -0.127. The van der Waals surface area contributed by atoms with Crippen molar-refractivity contribution in [2.45, 2.75) is 38.2 Å².